The molecule has 1 rings (SSSR count). The van der Waals surface area contributed by atoms with Crippen LogP contribution in [-0.2, 0) is 14.3 Å². The summed E-state index contributed by atoms with van der Waals surface area (Å²) in [5.74, 6) is -8.27. The molecule has 0 saturated heterocycles. The number of halogens is 3. The number of carbonyl (C=O) groups excluding carboxylic acids is 2. The third kappa shape index (κ3) is 3.95. The number of esters is 1. The molecule has 0 spiro atoms. The van der Waals surface area contributed by atoms with Crippen molar-refractivity contribution < 1.29 is 37.2 Å². The molecule has 0 aliphatic rings. The van der Waals surface area contributed by atoms with Gasteiger partial charge in [-0.1, -0.05) is 0 Å². The van der Waals surface area contributed by atoms with E-state index in [9.17, 15) is 32.9 Å². The number of rotatable bonds is 7. The van der Waals surface area contributed by atoms with Crippen LogP contribution in [0, 0.1) is 34.5 Å². The van der Waals surface area contributed by atoms with Gasteiger partial charge in [-0.2, -0.15) is 4.39 Å². The van der Waals surface area contributed by atoms with Crippen molar-refractivity contribution in [3.05, 3.63) is 50.5 Å². The summed E-state index contributed by atoms with van der Waals surface area (Å²) < 4.78 is 51.1. The third-order valence-electron chi connectivity index (χ3n) is 3.03. The maximum Gasteiger partial charge on any atom is 0.345 e. The Labute approximate surface area is 140 Å². The Bertz CT molecular complexity index is 760. The van der Waals surface area contributed by atoms with Crippen LogP contribution in [0.25, 0.3) is 0 Å². The fraction of sp³-hybridized carbons (Fsp3) is 0.333. The number of nitro benzene ring substituents is 1. The molecule has 0 atom stereocenters. The molecule has 136 valence electrons. The Morgan fingerprint density at radius 3 is 2.20 bits per heavy atom. The Kier molecular flexibility index (Phi) is 6.66. The van der Waals surface area contributed by atoms with Crippen molar-refractivity contribution in [1.82, 2.24) is 0 Å². The second-order valence-corrected chi connectivity index (χ2v) is 4.58. The molecule has 0 heterocycles. The van der Waals surface area contributed by atoms with Crippen molar-refractivity contribution >= 4 is 17.4 Å². The van der Waals surface area contributed by atoms with Crippen molar-refractivity contribution in [1.29, 1.82) is 0 Å². The normalized spacial score (nSPS) is 11.2. The first kappa shape index (κ1) is 20.1. The Morgan fingerprint density at radius 2 is 1.72 bits per heavy atom. The van der Waals surface area contributed by atoms with Crippen molar-refractivity contribution in [3.8, 4) is 0 Å². The lowest BCUT2D eigenvalue weighted by Gasteiger charge is -2.10. The summed E-state index contributed by atoms with van der Waals surface area (Å²) in [6, 6.07) is 0. The van der Waals surface area contributed by atoms with Gasteiger partial charge in [-0.15, -0.1) is 0 Å². The van der Waals surface area contributed by atoms with E-state index in [1.54, 1.807) is 0 Å². The van der Waals surface area contributed by atoms with Crippen LogP contribution in [0.3, 0.4) is 0 Å². The topological polar surface area (TPSA) is 95.7 Å². The Hall–Kier alpha value is -2.91. The molecule has 0 aliphatic carbocycles. The standard InChI is InChI=1S/C15H14F3NO6/c1-4-24-6-8(15(21)25-5-2)14(20)9-10(16)7(3)11(17)12(18)13(9)19(22)23/h6H,4-5H2,1-3H3/b8-6+. The number of hydrogen-bond acceptors (Lipinski definition) is 6. The van der Waals surface area contributed by atoms with Gasteiger partial charge in [0, 0.05) is 5.56 Å². The van der Waals surface area contributed by atoms with E-state index in [0.717, 1.165) is 6.92 Å². The number of ether oxygens (including phenoxy) is 2. The maximum atomic E-state index is 14.3. The zero-order valence-electron chi connectivity index (χ0n) is 13.5. The number of Topliss-reactive ketones (excluding diaryl/α,β-unsaturated/α-hetero) is 1. The summed E-state index contributed by atoms with van der Waals surface area (Å²) in [4.78, 5) is 33.8. The Morgan fingerprint density at radius 1 is 1.12 bits per heavy atom. The number of nitrogens with zero attached hydrogens (tertiary/aromatic N) is 1. The molecule has 0 radical (unpaired) electrons. The largest absolute Gasteiger partial charge is 0.500 e. The number of carbonyl (C=O) groups is 2. The molecular formula is C15H14F3NO6. The van der Waals surface area contributed by atoms with Crippen molar-refractivity contribution in [2.24, 2.45) is 0 Å². The fourth-order valence-electron chi connectivity index (χ4n) is 1.85. The second-order valence-electron chi connectivity index (χ2n) is 4.58. The van der Waals surface area contributed by atoms with Crippen LogP contribution in [0.4, 0.5) is 18.9 Å². The molecular weight excluding hydrogens is 347 g/mol. The van der Waals surface area contributed by atoms with Crippen LogP contribution in [-0.4, -0.2) is 29.9 Å². The van der Waals surface area contributed by atoms with Crippen LogP contribution in [0.5, 0.6) is 0 Å². The van der Waals surface area contributed by atoms with E-state index >= 15 is 0 Å². The van der Waals surface area contributed by atoms with Crippen LogP contribution in [0.2, 0.25) is 0 Å². The fourth-order valence-corrected chi connectivity index (χ4v) is 1.85. The van der Waals surface area contributed by atoms with E-state index in [-0.39, 0.29) is 13.2 Å². The van der Waals surface area contributed by atoms with Gasteiger partial charge in [-0.3, -0.25) is 14.9 Å². The molecule has 7 nitrogen and oxygen atoms in total. The molecule has 1 aromatic carbocycles. The average molecular weight is 361 g/mol. The molecule has 0 saturated carbocycles. The van der Waals surface area contributed by atoms with Crippen LogP contribution in [0.1, 0.15) is 29.8 Å². The molecule has 0 aliphatic heterocycles. The van der Waals surface area contributed by atoms with Crippen LogP contribution >= 0.6 is 0 Å². The molecule has 0 bridgehead atoms. The van der Waals surface area contributed by atoms with Gasteiger partial charge in [0.25, 0.3) is 0 Å². The van der Waals surface area contributed by atoms with Crippen LogP contribution in [0.15, 0.2) is 11.8 Å². The summed E-state index contributed by atoms with van der Waals surface area (Å²) in [5.41, 5.74) is -4.93. The number of nitro groups is 1. The summed E-state index contributed by atoms with van der Waals surface area (Å²) in [5, 5.41) is 11.0. The number of ketones is 1. The lowest BCUT2D eigenvalue weighted by atomic mass is 9.98. The summed E-state index contributed by atoms with van der Waals surface area (Å²) in [6.45, 7) is 3.58. The van der Waals surface area contributed by atoms with Gasteiger partial charge in [-0.25, -0.2) is 13.6 Å². The Balaban J connectivity index is 3.69. The molecule has 10 heteroatoms. The first-order chi connectivity index (χ1) is 11.7. The lowest BCUT2D eigenvalue weighted by Crippen LogP contribution is -2.20. The van der Waals surface area contributed by atoms with E-state index in [0.29, 0.717) is 6.26 Å². The van der Waals surface area contributed by atoms with E-state index in [2.05, 4.69) is 4.74 Å². The minimum absolute atomic E-state index is 0.0115. The molecule has 1 aromatic rings. The molecule has 0 amide bonds. The molecule has 25 heavy (non-hydrogen) atoms. The van der Waals surface area contributed by atoms with E-state index in [1.807, 2.05) is 0 Å². The first-order valence-electron chi connectivity index (χ1n) is 7.03. The van der Waals surface area contributed by atoms with Gasteiger partial charge in [0.05, 0.1) is 18.1 Å². The first-order valence-corrected chi connectivity index (χ1v) is 7.03. The van der Waals surface area contributed by atoms with Gasteiger partial charge in [0.1, 0.15) is 23.2 Å². The van der Waals surface area contributed by atoms with Gasteiger partial charge >= 0.3 is 11.7 Å². The zero-order valence-corrected chi connectivity index (χ0v) is 13.5. The van der Waals surface area contributed by atoms with Crippen molar-refractivity contribution in [2.45, 2.75) is 20.8 Å². The molecule has 0 aromatic heterocycles. The quantitative estimate of drug-likeness (QED) is 0.0853. The van der Waals surface area contributed by atoms with Gasteiger partial charge in [0.15, 0.2) is 5.82 Å². The van der Waals surface area contributed by atoms with Crippen molar-refractivity contribution in [3.63, 3.8) is 0 Å². The molecule has 0 fully saturated rings. The minimum atomic E-state index is -2.01. The SMILES string of the molecule is CCO/C=C(/C(=O)OCC)C(=O)c1c(F)c(C)c(F)c(F)c1[N+](=O)[O-]. The summed E-state index contributed by atoms with van der Waals surface area (Å²) >= 11 is 0. The van der Waals surface area contributed by atoms with Gasteiger partial charge < -0.3 is 9.47 Å². The van der Waals surface area contributed by atoms with E-state index in [4.69, 9.17) is 4.74 Å². The highest BCUT2D eigenvalue weighted by atomic mass is 19.2. The van der Waals surface area contributed by atoms with Crippen LogP contribution < -0.4 is 0 Å². The average Bonchev–Trinajstić information content (AvgIpc) is 2.55. The maximum absolute atomic E-state index is 14.3. The monoisotopic (exact) mass is 361 g/mol. The smallest absolute Gasteiger partial charge is 0.345 e. The molecule has 0 unspecified atom stereocenters. The van der Waals surface area contributed by atoms with Crippen molar-refractivity contribution in [2.75, 3.05) is 13.2 Å². The zero-order chi connectivity index (χ0) is 19.3. The predicted octanol–water partition coefficient (Wildman–Crippen LogP) is 2.99. The molecule has 0 N–H and O–H groups in total. The highest BCUT2D eigenvalue weighted by Crippen LogP contribution is 2.32. The third-order valence-corrected chi connectivity index (χ3v) is 3.03. The number of hydrogen-bond donors (Lipinski definition) is 0. The van der Waals surface area contributed by atoms with Gasteiger partial charge in [0.2, 0.25) is 11.6 Å². The second kappa shape index (κ2) is 8.27. The van der Waals surface area contributed by atoms with E-state index in [1.165, 1.54) is 13.8 Å². The number of benzene rings is 1. The predicted molar refractivity (Wildman–Crippen MR) is 78.4 cm³/mol. The summed E-state index contributed by atoms with van der Waals surface area (Å²) in [6.07, 6.45) is 0.625. The highest BCUT2D eigenvalue weighted by Gasteiger charge is 2.37. The van der Waals surface area contributed by atoms with Gasteiger partial charge in [-0.05, 0) is 20.8 Å². The summed E-state index contributed by atoms with van der Waals surface area (Å²) in [7, 11) is 0. The van der Waals surface area contributed by atoms with E-state index < -0.39 is 56.5 Å². The highest BCUT2D eigenvalue weighted by molar-refractivity contribution is 6.25. The minimum Gasteiger partial charge on any atom is -0.500 e. The lowest BCUT2D eigenvalue weighted by molar-refractivity contribution is -0.388.